The molecule has 1 rings (SSSR count). The smallest absolute Gasteiger partial charge is 0.303 e. The molecule has 0 aromatic carbocycles. The lowest BCUT2D eigenvalue weighted by atomic mass is 10.1. The van der Waals surface area contributed by atoms with Crippen LogP contribution < -0.4 is 0 Å². The van der Waals surface area contributed by atoms with Crippen LogP contribution in [0.2, 0.25) is 0 Å². The van der Waals surface area contributed by atoms with Crippen molar-refractivity contribution in [3.05, 3.63) is 0 Å². The van der Waals surface area contributed by atoms with E-state index in [-0.39, 0.29) is 15.1 Å². The first-order valence-corrected chi connectivity index (χ1v) is 4.87. The molecule has 1 atom stereocenters. The summed E-state index contributed by atoms with van der Waals surface area (Å²) in [6, 6.07) is 0. The summed E-state index contributed by atoms with van der Waals surface area (Å²) in [4.78, 5) is 10.3. The van der Waals surface area contributed by atoms with E-state index in [9.17, 15) is 4.79 Å². The number of carboxylic acids is 1. The fourth-order valence-corrected chi connectivity index (χ4v) is 2.15. The van der Waals surface area contributed by atoms with Gasteiger partial charge in [-0.15, -0.1) is 0 Å². The molecule has 1 aliphatic rings. The second-order valence-corrected chi connectivity index (χ2v) is 5.52. The van der Waals surface area contributed by atoms with Crippen molar-refractivity contribution >= 4 is 41.2 Å². The molecule has 0 aromatic heterocycles. The lowest BCUT2D eigenvalue weighted by Gasteiger charge is -2.13. The number of hydrogen-bond donors (Lipinski definition) is 2. The third-order valence-electron chi connectivity index (χ3n) is 1.90. The Balaban J connectivity index is 2.45. The lowest BCUT2D eigenvalue weighted by Crippen LogP contribution is -2.14. The fourth-order valence-electron chi connectivity index (χ4n) is 0.961. The quantitative estimate of drug-likeness (QED) is 0.468. The standard InChI is InChI=1S/C6H9IO2S/c7-5(10)6(1-2-6)3-4(8)9/h5,10H,1-3H2,(H,8,9). The third-order valence-corrected chi connectivity index (χ3v) is 3.77. The second-order valence-electron chi connectivity index (χ2n) is 2.77. The zero-order valence-electron chi connectivity index (χ0n) is 5.38. The Morgan fingerprint density at radius 3 is 2.40 bits per heavy atom. The van der Waals surface area contributed by atoms with Crippen molar-refractivity contribution in [2.45, 2.75) is 22.5 Å². The minimum absolute atomic E-state index is 0.0233. The number of alkyl halides is 1. The Kier molecular flexibility index (Phi) is 2.50. The summed E-state index contributed by atoms with van der Waals surface area (Å²) in [5, 5.41) is 8.50. The van der Waals surface area contributed by atoms with Crippen LogP contribution in [0.4, 0.5) is 0 Å². The summed E-state index contributed by atoms with van der Waals surface area (Å²) in [6.45, 7) is 0. The van der Waals surface area contributed by atoms with Crippen LogP contribution >= 0.6 is 35.2 Å². The monoisotopic (exact) mass is 272 g/mol. The van der Waals surface area contributed by atoms with Crippen LogP contribution in [0, 0.1) is 5.41 Å². The Morgan fingerprint density at radius 2 is 2.30 bits per heavy atom. The second kappa shape index (κ2) is 2.89. The first-order chi connectivity index (χ1) is 4.57. The highest BCUT2D eigenvalue weighted by Crippen LogP contribution is 2.55. The van der Waals surface area contributed by atoms with Gasteiger partial charge in [-0.2, -0.15) is 12.6 Å². The Morgan fingerprint density at radius 1 is 1.80 bits per heavy atom. The van der Waals surface area contributed by atoms with E-state index in [4.69, 9.17) is 5.11 Å². The molecule has 1 aliphatic carbocycles. The first kappa shape index (κ1) is 8.64. The number of rotatable bonds is 3. The molecule has 0 radical (unpaired) electrons. The van der Waals surface area contributed by atoms with Crippen LogP contribution in [0.25, 0.3) is 0 Å². The Bertz CT molecular complexity index is 154. The van der Waals surface area contributed by atoms with Gasteiger partial charge in [0.1, 0.15) is 0 Å². The van der Waals surface area contributed by atoms with E-state index >= 15 is 0 Å². The molecule has 0 amide bonds. The molecule has 2 nitrogen and oxygen atoms in total. The normalized spacial score (nSPS) is 23.8. The predicted molar refractivity (Wildman–Crippen MR) is 50.7 cm³/mol. The van der Waals surface area contributed by atoms with Crippen LogP contribution in [0.5, 0.6) is 0 Å². The van der Waals surface area contributed by atoms with Crippen molar-refractivity contribution in [1.82, 2.24) is 0 Å². The SMILES string of the molecule is O=C(O)CC1(C(S)I)CC1. The topological polar surface area (TPSA) is 37.3 Å². The van der Waals surface area contributed by atoms with Gasteiger partial charge in [-0.25, -0.2) is 0 Å². The summed E-state index contributed by atoms with van der Waals surface area (Å²) in [5.74, 6) is -0.701. The molecule has 0 heterocycles. The number of thiol groups is 1. The molecule has 0 saturated heterocycles. The van der Waals surface area contributed by atoms with Gasteiger partial charge < -0.3 is 5.11 Å². The van der Waals surface area contributed by atoms with Gasteiger partial charge in [-0.1, -0.05) is 22.6 Å². The highest BCUT2D eigenvalue weighted by atomic mass is 127. The predicted octanol–water partition coefficient (Wildman–Crippen LogP) is 1.93. The molecule has 1 fully saturated rings. The van der Waals surface area contributed by atoms with Gasteiger partial charge in [0.25, 0.3) is 0 Å². The first-order valence-electron chi connectivity index (χ1n) is 3.11. The number of aliphatic carboxylic acids is 1. The molecule has 1 N–H and O–H groups in total. The van der Waals surface area contributed by atoms with E-state index in [1.54, 1.807) is 0 Å². The van der Waals surface area contributed by atoms with E-state index in [0.717, 1.165) is 12.8 Å². The number of carbonyl (C=O) groups is 1. The van der Waals surface area contributed by atoms with Crippen molar-refractivity contribution in [2.24, 2.45) is 5.41 Å². The van der Waals surface area contributed by atoms with Gasteiger partial charge in [-0.3, -0.25) is 4.79 Å². The van der Waals surface area contributed by atoms with Gasteiger partial charge >= 0.3 is 5.97 Å². The van der Waals surface area contributed by atoms with Crippen LogP contribution in [0.1, 0.15) is 19.3 Å². The molecule has 0 aromatic rings. The van der Waals surface area contributed by atoms with Crippen molar-refractivity contribution in [2.75, 3.05) is 0 Å². The van der Waals surface area contributed by atoms with E-state index in [1.165, 1.54) is 0 Å². The maximum absolute atomic E-state index is 10.3. The third kappa shape index (κ3) is 1.78. The lowest BCUT2D eigenvalue weighted by molar-refractivity contribution is -0.138. The average molecular weight is 272 g/mol. The van der Waals surface area contributed by atoms with Gasteiger partial charge in [0.2, 0.25) is 0 Å². The summed E-state index contributed by atoms with van der Waals surface area (Å²) in [6.07, 6.45) is 2.33. The molecule has 0 bridgehead atoms. The molecule has 1 unspecified atom stereocenters. The van der Waals surface area contributed by atoms with Crippen molar-refractivity contribution in [3.63, 3.8) is 0 Å². The van der Waals surface area contributed by atoms with E-state index < -0.39 is 5.97 Å². The molecule has 0 aliphatic heterocycles. The minimum atomic E-state index is -0.701. The summed E-state index contributed by atoms with van der Waals surface area (Å²) < 4.78 is 0.196. The van der Waals surface area contributed by atoms with Gasteiger partial charge in [0, 0.05) is 5.41 Å². The van der Waals surface area contributed by atoms with Crippen LogP contribution in [0.3, 0.4) is 0 Å². The molecular weight excluding hydrogens is 263 g/mol. The average Bonchev–Trinajstić information content (AvgIpc) is 2.46. The van der Waals surface area contributed by atoms with Crippen LogP contribution in [0.15, 0.2) is 0 Å². The fraction of sp³-hybridized carbons (Fsp3) is 0.833. The highest BCUT2D eigenvalue weighted by molar-refractivity contribution is 14.1. The van der Waals surface area contributed by atoms with Crippen molar-refractivity contribution in [3.8, 4) is 0 Å². The molecular formula is C6H9IO2S. The van der Waals surface area contributed by atoms with E-state index in [2.05, 4.69) is 35.2 Å². The van der Waals surface area contributed by atoms with E-state index in [1.807, 2.05) is 0 Å². The zero-order valence-corrected chi connectivity index (χ0v) is 8.43. The molecule has 1 saturated carbocycles. The van der Waals surface area contributed by atoms with Gasteiger partial charge in [-0.05, 0) is 12.8 Å². The maximum atomic E-state index is 10.3. The molecule has 0 spiro atoms. The number of hydrogen-bond acceptors (Lipinski definition) is 2. The molecule has 58 valence electrons. The number of carboxylic acid groups (broad SMARTS) is 1. The Hall–Kier alpha value is 0.550. The van der Waals surface area contributed by atoms with Crippen molar-refractivity contribution in [1.29, 1.82) is 0 Å². The number of halogens is 1. The van der Waals surface area contributed by atoms with Gasteiger partial charge in [0.05, 0.1) is 9.68 Å². The summed E-state index contributed by atoms with van der Waals surface area (Å²) in [5.41, 5.74) is 0.0233. The molecule has 4 heteroatoms. The summed E-state index contributed by atoms with van der Waals surface area (Å²) in [7, 11) is 0. The molecule has 10 heavy (non-hydrogen) atoms. The minimum Gasteiger partial charge on any atom is -0.481 e. The van der Waals surface area contributed by atoms with Crippen molar-refractivity contribution < 1.29 is 9.90 Å². The van der Waals surface area contributed by atoms with Crippen LogP contribution in [-0.2, 0) is 4.79 Å². The summed E-state index contributed by atoms with van der Waals surface area (Å²) >= 11 is 6.42. The zero-order chi connectivity index (χ0) is 7.78. The van der Waals surface area contributed by atoms with Crippen LogP contribution in [-0.4, -0.2) is 14.3 Å². The van der Waals surface area contributed by atoms with E-state index in [0.29, 0.717) is 0 Å². The highest BCUT2D eigenvalue weighted by Gasteiger charge is 2.48. The van der Waals surface area contributed by atoms with Gasteiger partial charge in [0.15, 0.2) is 0 Å². The Labute approximate surface area is 78.9 Å². The maximum Gasteiger partial charge on any atom is 0.303 e. The largest absolute Gasteiger partial charge is 0.481 e.